The Balaban J connectivity index is 2.11. The Labute approximate surface area is 178 Å². The molecule has 3 heterocycles. The lowest BCUT2D eigenvalue weighted by molar-refractivity contribution is -0.114. The number of carbonyl (C=O) groups is 2. The minimum absolute atomic E-state index is 0.124. The summed E-state index contributed by atoms with van der Waals surface area (Å²) in [5.74, 6) is -3.27. The second-order valence-corrected chi connectivity index (χ2v) is 7.18. The van der Waals surface area contributed by atoms with Crippen LogP contribution in [0.4, 0.5) is 26.0 Å². The number of pyridine rings is 3. The summed E-state index contributed by atoms with van der Waals surface area (Å²) in [4.78, 5) is 35.6. The maximum absolute atomic E-state index is 13.8. The Morgan fingerprint density at radius 2 is 1.81 bits per heavy atom. The van der Waals surface area contributed by atoms with E-state index in [0.29, 0.717) is 33.9 Å². The zero-order valence-corrected chi connectivity index (χ0v) is 17.5. The van der Waals surface area contributed by atoms with Crippen LogP contribution in [0.5, 0.6) is 0 Å². The Morgan fingerprint density at radius 3 is 2.45 bits per heavy atom. The van der Waals surface area contributed by atoms with Crippen molar-refractivity contribution in [2.24, 2.45) is 0 Å². The van der Waals surface area contributed by atoms with Gasteiger partial charge in [0.1, 0.15) is 11.5 Å². The van der Waals surface area contributed by atoms with Gasteiger partial charge in [0.25, 0.3) is 5.92 Å². The monoisotopic (exact) mass is 425 g/mol. The summed E-state index contributed by atoms with van der Waals surface area (Å²) in [5, 5.41) is 5.69. The lowest BCUT2D eigenvalue weighted by Gasteiger charge is -2.16. The van der Waals surface area contributed by atoms with Crippen LogP contribution < -0.4 is 10.6 Å². The molecule has 7 nitrogen and oxygen atoms in total. The maximum Gasteiger partial charge on any atom is 0.287 e. The molecule has 1 amide bonds. The standard InChI is InChI=1S/C22H21F2N5O2/c1-12-7-16(9-20(27-12)22(4,23)24)29-19-10-21(28-14(3)31)26-11-17(19)18-8-15(13(2)30)5-6-25-18/h5-11H,1-4H3,(H2,26,27,28,29,31). The van der Waals surface area contributed by atoms with E-state index >= 15 is 0 Å². The fourth-order valence-electron chi connectivity index (χ4n) is 2.93. The van der Waals surface area contributed by atoms with Crippen molar-refractivity contribution >= 4 is 28.9 Å². The number of hydrogen-bond acceptors (Lipinski definition) is 6. The van der Waals surface area contributed by atoms with Crippen molar-refractivity contribution in [3.8, 4) is 11.3 Å². The Morgan fingerprint density at radius 1 is 1.06 bits per heavy atom. The van der Waals surface area contributed by atoms with Crippen molar-refractivity contribution in [1.29, 1.82) is 0 Å². The van der Waals surface area contributed by atoms with Gasteiger partial charge in [0.2, 0.25) is 5.91 Å². The summed E-state index contributed by atoms with van der Waals surface area (Å²) in [5.41, 5.74) is 2.34. The van der Waals surface area contributed by atoms with E-state index in [2.05, 4.69) is 25.6 Å². The molecular formula is C22H21F2N5O2. The summed E-state index contributed by atoms with van der Waals surface area (Å²) < 4.78 is 27.7. The number of rotatable bonds is 6. The number of hydrogen-bond donors (Lipinski definition) is 2. The number of nitrogens with zero attached hydrogens (tertiary/aromatic N) is 3. The maximum atomic E-state index is 13.8. The molecule has 3 rings (SSSR count). The number of nitrogens with one attached hydrogen (secondary N) is 2. The molecule has 0 aliphatic carbocycles. The normalized spacial score (nSPS) is 11.2. The zero-order chi connectivity index (χ0) is 22.8. The van der Waals surface area contributed by atoms with Gasteiger partial charge >= 0.3 is 0 Å². The first-order valence-corrected chi connectivity index (χ1v) is 9.42. The minimum Gasteiger partial charge on any atom is -0.355 e. The Kier molecular flexibility index (Phi) is 6.05. The highest BCUT2D eigenvalue weighted by Gasteiger charge is 2.27. The lowest BCUT2D eigenvalue weighted by atomic mass is 10.1. The lowest BCUT2D eigenvalue weighted by Crippen LogP contribution is -2.11. The van der Waals surface area contributed by atoms with Crippen molar-refractivity contribution in [3.05, 3.63) is 59.7 Å². The van der Waals surface area contributed by atoms with Gasteiger partial charge in [-0.3, -0.25) is 19.6 Å². The fraction of sp³-hybridized carbons (Fsp3) is 0.227. The van der Waals surface area contributed by atoms with Gasteiger partial charge < -0.3 is 10.6 Å². The largest absolute Gasteiger partial charge is 0.355 e. The average molecular weight is 425 g/mol. The Bertz CT molecular complexity index is 1160. The van der Waals surface area contributed by atoms with E-state index in [0.717, 1.165) is 6.92 Å². The highest BCUT2D eigenvalue weighted by atomic mass is 19.3. The molecule has 0 fully saturated rings. The number of amides is 1. The highest BCUT2D eigenvalue weighted by molar-refractivity contribution is 5.95. The first-order chi connectivity index (χ1) is 14.5. The van der Waals surface area contributed by atoms with Gasteiger partial charge in [-0.1, -0.05) is 0 Å². The molecule has 3 aromatic rings. The number of alkyl halides is 2. The van der Waals surface area contributed by atoms with Crippen molar-refractivity contribution in [1.82, 2.24) is 15.0 Å². The molecular weight excluding hydrogens is 404 g/mol. The third-order valence-electron chi connectivity index (χ3n) is 4.33. The van der Waals surface area contributed by atoms with E-state index in [9.17, 15) is 18.4 Å². The van der Waals surface area contributed by atoms with Crippen LogP contribution in [0.1, 0.15) is 42.5 Å². The molecule has 0 aliphatic heterocycles. The third kappa shape index (κ3) is 5.44. The molecule has 0 radical (unpaired) electrons. The second kappa shape index (κ2) is 8.55. The van der Waals surface area contributed by atoms with Crippen molar-refractivity contribution in [2.75, 3.05) is 10.6 Å². The topological polar surface area (TPSA) is 96.9 Å². The first-order valence-electron chi connectivity index (χ1n) is 9.42. The summed E-state index contributed by atoms with van der Waals surface area (Å²) in [6.07, 6.45) is 2.99. The quantitative estimate of drug-likeness (QED) is 0.547. The van der Waals surface area contributed by atoms with Gasteiger partial charge in [-0.2, -0.15) is 8.78 Å². The predicted molar refractivity (Wildman–Crippen MR) is 114 cm³/mol. The van der Waals surface area contributed by atoms with Crippen molar-refractivity contribution in [2.45, 2.75) is 33.6 Å². The predicted octanol–water partition coefficient (Wildman–Crippen LogP) is 4.86. The zero-order valence-electron chi connectivity index (χ0n) is 17.5. The average Bonchev–Trinajstić information content (AvgIpc) is 2.66. The SMILES string of the molecule is CC(=O)Nc1cc(Nc2cc(C)nc(C(C)(F)F)c2)c(-c2cc(C(C)=O)ccn2)cn1. The molecule has 3 aromatic heterocycles. The van der Waals surface area contributed by atoms with Crippen LogP contribution in [0.2, 0.25) is 0 Å². The number of aromatic nitrogens is 3. The molecule has 0 bridgehead atoms. The third-order valence-corrected chi connectivity index (χ3v) is 4.33. The molecule has 9 heteroatoms. The smallest absolute Gasteiger partial charge is 0.287 e. The van der Waals surface area contributed by atoms with E-state index in [-0.39, 0.29) is 23.2 Å². The fourth-order valence-corrected chi connectivity index (χ4v) is 2.93. The van der Waals surface area contributed by atoms with Gasteiger partial charge in [-0.05, 0) is 38.1 Å². The molecule has 0 aliphatic rings. The van der Waals surface area contributed by atoms with Crippen LogP contribution >= 0.6 is 0 Å². The molecule has 0 saturated heterocycles. The molecule has 0 unspecified atom stereocenters. The number of aryl methyl sites for hydroxylation is 1. The van der Waals surface area contributed by atoms with E-state index in [1.54, 1.807) is 31.2 Å². The van der Waals surface area contributed by atoms with Crippen molar-refractivity contribution in [3.63, 3.8) is 0 Å². The van der Waals surface area contributed by atoms with Gasteiger partial charge in [0.15, 0.2) is 5.78 Å². The van der Waals surface area contributed by atoms with Crippen LogP contribution in [0.25, 0.3) is 11.3 Å². The van der Waals surface area contributed by atoms with Crippen LogP contribution in [0.3, 0.4) is 0 Å². The van der Waals surface area contributed by atoms with E-state index in [1.165, 1.54) is 32.3 Å². The molecule has 0 atom stereocenters. The van der Waals surface area contributed by atoms with Gasteiger partial charge in [0, 0.05) is 54.8 Å². The summed E-state index contributed by atoms with van der Waals surface area (Å²) in [7, 11) is 0. The summed E-state index contributed by atoms with van der Waals surface area (Å²) >= 11 is 0. The van der Waals surface area contributed by atoms with E-state index in [1.807, 2.05) is 0 Å². The number of Topliss-reactive ketones (excluding diaryl/α,β-unsaturated/α-hetero) is 1. The molecule has 31 heavy (non-hydrogen) atoms. The van der Waals surface area contributed by atoms with Crippen LogP contribution in [0.15, 0.2) is 42.7 Å². The molecule has 0 aromatic carbocycles. The van der Waals surface area contributed by atoms with Crippen LogP contribution in [0, 0.1) is 6.92 Å². The van der Waals surface area contributed by atoms with E-state index < -0.39 is 5.92 Å². The molecule has 160 valence electrons. The number of ketones is 1. The van der Waals surface area contributed by atoms with E-state index in [4.69, 9.17) is 0 Å². The first kappa shape index (κ1) is 21.9. The molecule has 0 saturated carbocycles. The van der Waals surface area contributed by atoms with Crippen LogP contribution in [-0.2, 0) is 10.7 Å². The number of halogens is 2. The molecule has 0 spiro atoms. The van der Waals surface area contributed by atoms with Crippen LogP contribution in [-0.4, -0.2) is 26.6 Å². The summed E-state index contributed by atoms with van der Waals surface area (Å²) in [6, 6.07) is 7.66. The van der Waals surface area contributed by atoms with Gasteiger partial charge in [-0.25, -0.2) is 4.98 Å². The number of anilines is 3. The Hall–Kier alpha value is -3.75. The van der Waals surface area contributed by atoms with Gasteiger partial charge in [-0.15, -0.1) is 0 Å². The van der Waals surface area contributed by atoms with Crippen molar-refractivity contribution < 1.29 is 18.4 Å². The molecule has 2 N–H and O–H groups in total. The highest BCUT2D eigenvalue weighted by Crippen LogP contribution is 2.33. The summed E-state index contributed by atoms with van der Waals surface area (Å²) in [6.45, 7) is 5.20. The second-order valence-electron chi connectivity index (χ2n) is 7.18. The minimum atomic E-state index is -3.11. The number of carbonyl (C=O) groups excluding carboxylic acids is 2. The van der Waals surface area contributed by atoms with Gasteiger partial charge in [0.05, 0.1) is 11.4 Å².